The number of amides is 1. The van der Waals surface area contributed by atoms with E-state index in [0.29, 0.717) is 41.1 Å². The van der Waals surface area contributed by atoms with Gasteiger partial charge in [0.05, 0.1) is 36.9 Å². The SMILES string of the molecule is COc1cc2c(Nc3ccc(Br)c(Cl)c3)ncnc2cc1O[C@@H]1CO[C@@H]2[C@H]1OC[C@H]2NC(C)=O. The molecule has 3 aromatic rings. The van der Waals surface area contributed by atoms with Crippen LogP contribution < -0.4 is 20.1 Å². The number of hydrogen-bond donors (Lipinski definition) is 2. The van der Waals surface area contributed by atoms with E-state index >= 15 is 0 Å². The summed E-state index contributed by atoms with van der Waals surface area (Å²) in [6.07, 6.45) is 0.589. The summed E-state index contributed by atoms with van der Waals surface area (Å²) in [5.74, 6) is 1.54. The van der Waals surface area contributed by atoms with Gasteiger partial charge in [-0.15, -0.1) is 0 Å². The zero-order valence-electron chi connectivity index (χ0n) is 18.4. The van der Waals surface area contributed by atoms with Crippen molar-refractivity contribution in [1.29, 1.82) is 0 Å². The topological polar surface area (TPSA) is 104 Å². The molecule has 9 nitrogen and oxygen atoms in total. The van der Waals surface area contributed by atoms with Crippen molar-refractivity contribution in [2.45, 2.75) is 31.3 Å². The summed E-state index contributed by atoms with van der Waals surface area (Å²) in [6, 6.07) is 9.01. The minimum Gasteiger partial charge on any atom is -0.493 e. The molecule has 0 saturated carbocycles. The van der Waals surface area contributed by atoms with E-state index in [0.717, 1.165) is 15.5 Å². The Labute approximate surface area is 209 Å². The van der Waals surface area contributed by atoms with Crippen molar-refractivity contribution < 1.29 is 23.7 Å². The van der Waals surface area contributed by atoms with Gasteiger partial charge in [0, 0.05) is 28.5 Å². The average molecular weight is 550 g/mol. The number of hydrogen-bond acceptors (Lipinski definition) is 8. The van der Waals surface area contributed by atoms with Crippen LogP contribution in [-0.2, 0) is 14.3 Å². The monoisotopic (exact) mass is 548 g/mol. The Morgan fingerprint density at radius 2 is 1.97 bits per heavy atom. The first kappa shape index (κ1) is 23.1. The summed E-state index contributed by atoms with van der Waals surface area (Å²) in [7, 11) is 1.58. The number of fused-ring (bicyclic) bond motifs is 2. The second-order valence-corrected chi connectivity index (χ2v) is 9.32. The van der Waals surface area contributed by atoms with Crippen molar-refractivity contribution in [1.82, 2.24) is 15.3 Å². The highest BCUT2D eigenvalue weighted by molar-refractivity contribution is 9.10. The number of ether oxygens (including phenoxy) is 4. The van der Waals surface area contributed by atoms with Gasteiger partial charge >= 0.3 is 0 Å². The number of anilines is 2. The smallest absolute Gasteiger partial charge is 0.217 e. The molecular weight excluding hydrogens is 528 g/mol. The Morgan fingerprint density at radius 3 is 2.74 bits per heavy atom. The largest absolute Gasteiger partial charge is 0.493 e. The van der Waals surface area contributed by atoms with E-state index in [4.69, 9.17) is 30.5 Å². The van der Waals surface area contributed by atoms with Gasteiger partial charge < -0.3 is 29.6 Å². The molecule has 34 heavy (non-hydrogen) atoms. The Balaban J connectivity index is 1.40. The van der Waals surface area contributed by atoms with Crippen molar-refractivity contribution in [2.75, 3.05) is 25.6 Å². The lowest BCUT2D eigenvalue weighted by Crippen LogP contribution is -2.43. The fourth-order valence-corrected chi connectivity index (χ4v) is 4.67. The molecule has 11 heteroatoms. The van der Waals surface area contributed by atoms with Crippen LogP contribution >= 0.6 is 27.5 Å². The first-order valence-electron chi connectivity index (χ1n) is 10.6. The molecule has 0 bridgehead atoms. The van der Waals surface area contributed by atoms with Gasteiger partial charge in [0.25, 0.3) is 0 Å². The highest BCUT2D eigenvalue weighted by Crippen LogP contribution is 2.38. The molecule has 0 spiro atoms. The first-order chi connectivity index (χ1) is 16.4. The van der Waals surface area contributed by atoms with Crippen LogP contribution in [0, 0.1) is 0 Å². The van der Waals surface area contributed by atoms with Gasteiger partial charge in [0.15, 0.2) is 17.6 Å². The fraction of sp³-hybridized carbons (Fsp3) is 0.348. The second kappa shape index (κ2) is 9.53. The number of nitrogens with zero attached hydrogens (tertiary/aromatic N) is 2. The highest BCUT2D eigenvalue weighted by Gasteiger charge is 2.49. The first-order valence-corrected chi connectivity index (χ1v) is 11.8. The molecule has 178 valence electrons. The molecule has 4 atom stereocenters. The quantitative estimate of drug-likeness (QED) is 0.478. The number of aromatic nitrogens is 2. The molecule has 0 radical (unpaired) electrons. The van der Waals surface area contributed by atoms with Crippen LogP contribution in [0.25, 0.3) is 10.9 Å². The minimum absolute atomic E-state index is 0.118. The molecule has 2 N–H and O–H groups in total. The predicted molar refractivity (Wildman–Crippen MR) is 130 cm³/mol. The van der Waals surface area contributed by atoms with Crippen LogP contribution in [0.3, 0.4) is 0 Å². The van der Waals surface area contributed by atoms with Crippen LogP contribution in [0.1, 0.15) is 6.92 Å². The summed E-state index contributed by atoms with van der Waals surface area (Å²) in [4.78, 5) is 20.2. The van der Waals surface area contributed by atoms with E-state index in [1.54, 1.807) is 13.2 Å². The van der Waals surface area contributed by atoms with Gasteiger partial charge in [-0.1, -0.05) is 11.6 Å². The molecule has 5 rings (SSSR count). The number of halogens is 2. The Morgan fingerprint density at radius 1 is 1.15 bits per heavy atom. The molecule has 2 aliphatic heterocycles. The van der Waals surface area contributed by atoms with Crippen molar-refractivity contribution in [2.24, 2.45) is 0 Å². The molecule has 0 unspecified atom stereocenters. The lowest BCUT2D eigenvalue weighted by atomic mass is 10.1. The van der Waals surface area contributed by atoms with Gasteiger partial charge in [-0.25, -0.2) is 9.97 Å². The lowest BCUT2D eigenvalue weighted by Gasteiger charge is -2.20. The molecule has 2 aromatic carbocycles. The molecule has 1 amide bonds. The number of benzene rings is 2. The van der Waals surface area contributed by atoms with Crippen LogP contribution in [0.5, 0.6) is 11.5 Å². The van der Waals surface area contributed by atoms with Gasteiger partial charge in [-0.05, 0) is 40.2 Å². The van der Waals surface area contributed by atoms with Crippen LogP contribution in [-0.4, -0.2) is 60.6 Å². The molecule has 2 saturated heterocycles. The van der Waals surface area contributed by atoms with Crippen molar-refractivity contribution in [3.05, 3.63) is 46.2 Å². The summed E-state index contributed by atoms with van der Waals surface area (Å²) in [6.45, 7) is 2.20. The standard InChI is InChI=1S/C23H22BrClN4O5/c1-11(30)28-17-8-32-22-20(9-33-21(17)22)34-19-7-16-13(6-18(19)31-2)23(27-10-26-16)29-12-3-4-14(24)15(25)5-12/h3-7,10,17,20-22H,8-9H2,1-2H3,(H,28,30)(H,26,27,29)/t17-,20-,21+,22+/m1/s1. The van der Waals surface area contributed by atoms with E-state index in [2.05, 4.69) is 36.5 Å². The summed E-state index contributed by atoms with van der Waals surface area (Å²) < 4.78 is 24.5. The Kier molecular flexibility index (Phi) is 6.48. The predicted octanol–water partition coefficient (Wildman–Crippen LogP) is 3.85. The maximum absolute atomic E-state index is 11.4. The Hall–Kier alpha value is -2.66. The summed E-state index contributed by atoms with van der Waals surface area (Å²) in [5.41, 5.74) is 1.46. The van der Waals surface area contributed by atoms with Crippen LogP contribution in [0.4, 0.5) is 11.5 Å². The third-order valence-corrected chi connectivity index (χ3v) is 7.01. The molecule has 3 heterocycles. The fourth-order valence-electron chi connectivity index (χ4n) is 4.24. The van der Waals surface area contributed by atoms with Gasteiger partial charge in [0.2, 0.25) is 5.91 Å². The number of carbonyl (C=O) groups is 1. The molecule has 2 aliphatic rings. The molecule has 0 aliphatic carbocycles. The van der Waals surface area contributed by atoms with Gasteiger partial charge in [-0.3, -0.25) is 4.79 Å². The molecule has 2 fully saturated rings. The van der Waals surface area contributed by atoms with E-state index in [1.807, 2.05) is 24.3 Å². The number of methoxy groups -OCH3 is 1. The third-order valence-electron chi connectivity index (χ3n) is 5.78. The van der Waals surface area contributed by atoms with Gasteiger partial charge in [0.1, 0.15) is 24.4 Å². The minimum atomic E-state index is -0.348. The van der Waals surface area contributed by atoms with Crippen LogP contribution in [0.15, 0.2) is 41.1 Å². The van der Waals surface area contributed by atoms with E-state index in [-0.39, 0.29) is 30.3 Å². The normalized spacial score (nSPS) is 23.5. The summed E-state index contributed by atoms with van der Waals surface area (Å²) in [5, 5.41) is 7.50. The number of rotatable bonds is 6. The maximum Gasteiger partial charge on any atom is 0.217 e. The zero-order chi connectivity index (χ0) is 23.8. The van der Waals surface area contributed by atoms with E-state index in [9.17, 15) is 4.79 Å². The van der Waals surface area contributed by atoms with Crippen molar-refractivity contribution in [3.8, 4) is 11.5 Å². The Bertz CT molecular complexity index is 1250. The summed E-state index contributed by atoms with van der Waals surface area (Å²) >= 11 is 9.62. The molecule has 1 aromatic heterocycles. The van der Waals surface area contributed by atoms with Crippen molar-refractivity contribution >= 4 is 55.8 Å². The lowest BCUT2D eigenvalue weighted by molar-refractivity contribution is -0.120. The maximum atomic E-state index is 11.4. The van der Waals surface area contributed by atoms with E-state index in [1.165, 1.54) is 13.3 Å². The second-order valence-electron chi connectivity index (χ2n) is 8.06. The zero-order valence-corrected chi connectivity index (χ0v) is 20.7. The number of nitrogens with one attached hydrogen (secondary N) is 2. The number of carbonyl (C=O) groups excluding carboxylic acids is 1. The third kappa shape index (κ3) is 4.50. The highest BCUT2D eigenvalue weighted by atomic mass is 79.9. The van der Waals surface area contributed by atoms with E-state index < -0.39 is 0 Å². The van der Waals surface area contributed by atoms with Crippen LogP contribution in [0.2, 0.25) is 5.02 Å². The van der Waals surface area contributed by atoms with Crippen molar-refractivity contribution in [3.63, 3.8) is 0 Å². The van der Waals surface area contributed by atoms with Gasteiger partial charge in [-0.2, -0.15) is 0 Å². The average Bonchev–Trinajstić information content (AvgIpc) is 3.39. The molecular formula is C23H22BrClN4O5.